The molecule has 0 radical (unpaired) electrons. The van der Waals surface area contributed by atoms with Crippen LogP contribution in [0.25, 0.3) is 0 Å². The van der Waals surface area contributed by atoms with Gasteiger partial charge in [-0.2, -0.15) is 0 Å². The predicted octanol–water partition coefficient (Wildman–Crippen LogP) is 26.4. The third-order valence-corrected chi connectivity index (χ3v) is 19.0. The second-order valence-corrected chi connectivity index (χ2v) is 27.8. The summed E-state index contributed by atoms with van der Waals surface area (Å²) in [4.78, 5) is 24.6. The van der Waals surface area contributed by atoms with Crippen molar-refractivity contribution in [1.82, 2.24) is 5.32 Å². The predicted molar refractivity (Wildman–Crippen MR) is 384 cm³/mol. The highest BCUT2D eigenvalue weighted by Crippen LogP contribution is 2.20. The summed E-state index contributed by atoms with van der Waals surface area (Å²) in [5.41, 5.74) is 0. The topological polar surface area (TPSA) is 95.9 Å². The van der Waals surface area contributed by atoms with Crippen LogP contribution in [0.5, 0.6) is 0 Å². The Bertz CT molecular complexity index is 1360. The molecule has 0 aromatic heterocycles. The Kier molecular flexibility index (Phi) is 75.3. The van der Waals surface area contributed by atoms with Crippen molar-refractivity contribution >= 4 is 11.9 Å². The molecule has 0 saturated heterocycles. The number of hydrogen-bond acceptors (Lipinski definition) is 5. The number of rotatable bonds is 76. The molecule has 0 aliphatic rings. The smallest absolute Gasteiger partial charge is 0.305 e. The fraction of sp³-hybridized carbons (Fsp3) is 0.926. The number of aliphatic hydroxyl groups is 2. The average molecular weight is 1230 g/mol. The minimum absolute atomic E-state index is 0.0173. The first-order valence-electron chi connectivity index (χ1n) is 40.1. The minimum atomic E-state index is -0.839. The Hall–Kier alpha value is -1.66. The number of amides is 1. The van der Waals surface area contributed by atoms with Crippen molar-refractivity contribution in [3.8, 4) is 0 Å². The van der Waals surface area contributed by atoms with E-state index in [-0.39, 0.29) is 18.5 Å². The van der Waals surface area contributed by atoms with Crippen molar-refractivity contribution in [3.63, 3.8) is 0 Å². The zero-order valence-corrected chi connectivity index (χ0v) is 59.3. The fourth-order valence-corrected chi connectivity index (χ4v) is 12.9. The molecule has 0 fully saturated rings. The highest BCUT2D eigenvalue weighted by molar-refractivity contribution is 5.76. The summed E-state index contributed by atoms with van der Waals surface area (Å²) in [6.45, 7) is 4.94. The number of esters is 1. The molecule has 1 amide bonds. The molecule has 0 aliphatic carbocycles. The van der Waals surface area contributed by atoms with Gasteiger partial charge in [-0.25, -0.2) is 0 Å². The highest BCUT2D eigenvalue weighted by atomic mass is 16.5. The van der Waals surface area contributed by atoms with Crippen molar-refractivity contribution in [2.75, 3.05) is 13.2 Å². The van der Waals surface area contributed by atoms with Gasteiger partial charge in [0.25, 0.3) is 0 Å². The van der Waals surface area contributed by atoms with Crippen LogP contribution in [0.1, 0.15) is 457 Å². The van der Waals surface area contributed by atoms with E-state index in [4.69, 9.17) is 4.74 Å². The summed E-state index contributed by atoms with van der Waals surface area (Å²) in [6, 6.07) is -0.623. The molecule has 0 aromatic rings. The zero-order valence-electron chi connectivity index (χ0n) is 59.3. The van der Waals surface area contributed by atoms with E-state index in [9.17, 15) is 19.8 Å². The molecular weight excluding hydrogens is 1070 g/mol. The van der Waals surface area contributed by atoms with Gasteiger partial charge in [0.2, 0.25) is 5.91 Å². The van der Waals surface area contributed by atoms with Crippen LogP contribution in [0.3, 0.4) is 0 Å². The highest BCUT2D eigenvalue weighted by Gasteiger charge is 2.18. The lowest BCUT2D eigenvalue weighted by molar-refractivity contribution is -0.143. The normalized spacial score (nSPS) is 12.6. The third-order valence-electron chi connectivity index (χ3n) is 19.0. The lowest BCUT2D eigenvalue weighted by Crippen LogP contribution is -2.45. The average Bonchev–Trinajstić information content (AvgIpc) is 3.56. The first kappa shape index (κ1) is 85.3. The van der Waals surface area contributed by atoms with Crippen LogP contribution >= 0.6 is 0 Å². The number of ether oxygens (including phenoxy) is 1. The third kappa shape index (κ3) is 73.3. The Morgan fingerprint density at radius 2 is 0.540 bits per heavy atom. The van der Waals surface area contributed by atoms with Gasteiger partial charge in [-0.1, -0.05) is 411 Å². The fourth-order valence-electron chi connectivity index (χ4n) is 12.9. The first-order chi connectivity index (χ1) is 43.0. The number of unbranched alkanes of at least 4 members (excludes halogenated alkanes) is 63. The van der Waals surface area contributed by atoms with Gasteiger partial charge < -0.3 is 20.3 Å². The van der Waals surface area contributed by atoms with E-state index in [1.54, 1.807) is 6.08 Å². The second kappa shape index (κ2) is 76.8. The molecule has 3 N–H and O–H groups in total. The molecule has 0 rings (SSSR count). The van der Waals surface area contributed by atoms with Crippen molar-refractivity contribution in [1.29, 1.82) is 0 Å². The van der Waals surface area contributed by atoms with E-state index in [0.29, 0.717) is 19.4 Å². The van der Waals surface area contributed by atoms with Gasteiger partial charge in [0.05, 0.1) is 25.4 Å². The molecule has 0 saturated carbocycles. The van der Waals surface area contributed by atoms with Crippen LogP contribution in [-0.4, -0.2) is 47.4 Å². The van der Waals surface area contributed by atoms with Gasteiger partial charge in [-0.05, 0) is 57.8 Å². The van der Waals surface area contributed by atoms with E-state index < -0.39 is 12.1 Å². The van der Waals surface area contributed by atoms with Gasteiger partial charge in [0.1, 0.15) is 0 Å². The molecule has 0 spiro atoms. The maximum Gasteiger partial charge on any atom is 0.305 e. The Morgan fingerprint density at radius 3 is 0.816 bits per heavy atom. The monoisotopic (exact) mass is 1220 g/mol. The quantitative estimate of drug-likeness (QED) is 0.0320. The molecule has 87 heavy (non-hydrogen) atoms. The van der Waals surface area contributed by atoms with E-state index in [0.717, 1.165) is 44.9 Å². The van der Waals surface area contributed by atoms with Crippen molar-refractivity contribution in [3.05, 3.63) is 24.3 Å². The number of carbonyl (C=O) groups is 2. The maximum absolute atomic E-state index is 12.5. The van der Waals surface area contributed by atoms with Crippen molar-refractivity contribution in [2.45, 2.75) is 469 Å². The molecule has 2 atom stereocenters. The van der Waals surface area contributed by atoms with Gasteiger partial charge in [-0.15, -0.1) is 0 Å². The number of allylic oxidation sites excluding steroid dienone is 3. The molecule has 6 heteroatoms. The minimum Gasteiger partial charge on any atom is -0.466 e. The molecule has 0 aliphatic heterocycles. The summed E-state index contributed by atoms with van der Waals surface area (Å²) in [5.74, 6) is -0.0414. The van der Waals surface area contributed by atoms with Gasteiger partial charge >= 0.3 is 5.97 Å². The van der Waals surface area contributed by atoms with Crippen LogP contribution in [0, 0.1) is 0 Å². The molecule has 0 heterocycles. The van der Waals surface area contributed by atoms with Crippen LogP contribution in [0.2, 0.25) is 0 Å². The maximum atomic E-state index is 12.5. The summed E-state index contributed by atoms with van der Waals surface area (Å²) in [5, 5.41) is 23.2. The number of nitrogens with one attached hydrogen (secondary N) is 1. The van der Waals surface area contributed by atoms with E-state index in [1.807, 2.05) is 6.08 Å². The lowest BCUT2D eigenvalue weighted by Gasteiger charge is -2.20. The molecule has 0 aromatic carbocycles. The van der Waals surface area contributed by atoms with E-state index in [2.05, 4.69) is 31.3 Å². The zero-order chi connectivity index (χ0) is 62.8. The summed E-state index contributed by atoms with van der Waals surface area (Å²) < 4.78 is 5.51. The lowest BCUT2D eigenvalue weighted by atomic mass is 10.0. The molecule has 516 valence electrons. The SMILES string of the molecule is CCCCCCCCC/C=C\CCCCCCCC(=O)OCCCCCCCCCCCCCCCCCCCCCCCCCCCCCCCCCCCCCCCCCC(=O)NC(CO)C(O)/C=C/CCCCCCCCCCCCCCC. The van der Waals surface area contributed by atoms with E-state index in [1.165, 1.54) is 385 Å². The number of carbonyl (C=O) groups excluding carboxylic acids is 2. The summed E-state index contributed by atoms with van der Waals surface area (Å²) >= 11 is 0. The molecular formula is C81H157NO5. The van der Waals surface area contributed by atoms with Crippen LogP contribution in [-0.2, 0) is 14.3 Å². The van der Waals surface area contributed by atoms with Crippen LogP contribution in [0.15, 0.2) is 24.3 Å². The Labute approximate surface area is 545 Å². The number of aliphatic hydroxyl groups excluding tert-OH is 2. The first-order valence-corrected chi connectivity index (χ1v) is 40.1. The van der Waals surface area contributed by atoms with Gasteiger partial charge in [0, 0.05) is 12.8 Å². The molecule has 6 nitrogen and oxygen atoms in total. The molecule has 2 unspecified atom stereocenters. The summed E-state index contributed by atoms with van der Waals surface area (Å²) in [6.07, 6.45) is 98.9. The van der Waals surface area contributed by atoms with Gasteiger partial charge in [-0.3, -0.25) is 9.59 Å². The van der Waals surface area contributed by atoms with Crippen molar-refractivity contribution < 1.29 is 24.5 Å². The standard InChI is InChI=1S/C81H157NO5/c1-3-5-7-9-11-13-15-17-19-47-51-55-59-63-67-71-75-81(86)87-76-72-68-64-60-56-52-48-44-42-40-38-36-34-32-30-28-26-24-22-20-21-23-25-27-29-31-33-35-37-39-41-43-46-50-54-58-62-66-70-74-80(85)82-78(77-83)79(84)73-69-65-61-57-53-49-45-18-16-14-12-10-8-6-4-2/h19,47,69,73,78-79,83-84H,3-18,20-46,48-68,70-72,74-77H2,1-2H3,(H,82,85)/b47-19-,73-69+. The van der Waals surface area contributed by atoms with Crippen LogP contribution < -0.4 is 5.32 Å². The largest absolute Gasteiger partial charge is 0.466 e. The van der Waals surface area contributed by atoms with Gasteiger partial charge in [0.15, 0.2) is 0 Å². The number of hydrogen-bond donors (Lipinski definition) is 3. The van der Waals surface area contributed by atoms with Crippen molar-refractivity contribution in [2.24, 2.45) is 0 Å². The van der Waals surface area contributed by atoms with Crippen LogP contribution in [0.4, 0.5) is 0 Å². The Balaban J connectivity index is 3.29. The summed E-state index contributed by atoms with van der Waals surface area (Å²) in [7, 11) is 0. The second-order valence-electron chi connectivity index (χ2n) is 27.8. The Morgan fingerprint density at radius 1 is 0.310 bits per heavy atom. The molecule has 0 bridgehead atoms. The van der Waals surface area contributed by atoms with E-state index >= 15 is 0 Å².